The standard InChI is InChI=1S/C30H36N2O7/c1-21(18-33)31-27(34)17-24-14-8-9-15-25(16-22-10-4-2-5-11-22)29(36)39-20-26(32-28(24)35)30(37)38-19-23-12-6-3-7-13-23/h2-13,21,24-26,33H,14-20H2,1H3,(H,31,34)(H,32,35)/t21-,24-,25+,26-/m1/s1. The summed E-state index contributed by atoms with van der Waals surface area (Å²) in [5.41, 5.74) is 1.74. The molecule has 0 unspecified atom stereocenters. The molecule has 39 heavy (non-hydrogen) atoms. The van der Waals surface area contributed by atoms with E-state index in [4.69, 9.17) is 9.47 Å². The van der Waals surface area contributed by atoms with E-state index in [1.807, 2.05) is 54.6 Å². The molecule has 0 aromatic heterocycles. The molecule has 0 spiro atoms. The highest BCUT2D eigenvalue weighted by molar-refractivity contribution is 5.89. The number of ether oxygens (including phenoxy) is 2. The van der Waals surface area contributed by atoms with E-state index in [1.54, 1.807) is 25.1 Å². The van der Waals surface area contributed by atoms with Crippen molar-refractivity contribution in [1.29, 1.82) is 0 Å². The third-order valence-corrected chi connectivity index (χ3v) is 6.37. The van der Waals surface area contributed by atoms with Crippen LogP contribution in [0.2, 0.25) is 0 Å². The van der Waals surface area contributed by atoms with Crippen LogP contribution in [0.5, 0.6) is 0 Å². The molecule has 3 N–H and O–H groups in total. The molecule has 4 atom stereocenters. The van der Waals surface area contributed by atoms with Crippen LogP contribution in [-0.4, -0.2) is 54.2 Å². The summed E-state index contributed by atoms with van der Waals surface area (Å²) in [6, 6.07) is 16.9. The van der Waals surface area contributed by atoms with Gasteiger partial charge in [-0.25, -0.2) is 4.79 Å². The number of hydrogen-bond donors (Lipinski definition) is 3. The number of aliphatic hydroxyl groups excluding tert-OH is 1. The van der Waals surface area contributed by atoms with Crippen LogP contribution in [0.3, 0.4) is 0 Å². The van der Waals surface area contributed by atoms with Gasteiger partial charge < -0.3 is 25.2 Å². The Balaban J connectivity index is 1.78. The second kappa shape index (κ2) is 15.4. The summed E-state index contributed by atoms with van der Waals surface area (Å²) >= 11 is 0. The predicted octanol–water partition coefficient (Wildman–Crippen LogP) is 2.47. The molecule has 2 amide bonds. The number of cyclic esters (lactones) is 1. The van der Waals surface area contributed by atoms with Crippen molar-refractivity contribution >= 4 is 23.8 Å². The summed E-state index contributed by atoms with van der Waals surface area (Å²) in [6.45, 7) is 1.02. The molecule has 0 saturated heterocycles. The van der Waals surface area contributed by atoms with Crippen LogP contribution in [-0.2, 0) is 41.7 Å². The van der Waals surface area contributed by atoms with Gasteiger partial charge in [0.25, 0.3) is 0 Å². The third kappa shape index (κ3) is 10.0. The highest BCUT2D eigenvalue weighted by Crippen LogP contribution is 2.18. The molecule has 1 aliphatic rings. The molecule has 3 rings (SSSR count). The van der Waals surface area contributed by atoms with E-state index < -0.39 is 54.3 Å². The Bertz CT molecular complexity index is 1120. The number of nitrogens with one attached hydrogen (secondary N) is 2. The zero-order valence-electron chi connectivity index (χ0n) is 22.1. The highest BCUT2D eigenvalue weighted by Gasteiger charge is 2.31. The van der Waals surface area contributed by atoms with Crippen LogP contribution in [0.25, 0.3) is 0 Å². The molecule has 2 aromatic rings. The van der Waals surface area contributed by atoms with E-state index in [9.17, 15) is 24.3 Å². The summed E-state index contributed by atoms with van der Waals surface area (Å²) in [4.78, 5) is 51.6. The van der Waals surface area contributed by atoms with Crippen LogP contribution in [0, 0.1) is 11.8 Å². The number of benzene rings is 2. The molecule has 0 fully saturated rings. The second-order valence-corrected chi connectivity index (χ2v) is 9.67. The summed E-state index contributed by atoms with van der Waals surface area (Å²) in [5, 5.41) is 14.5. The molecule has 9 nitrogen and oxygen atoms in total. The minimum atomic E-state index is -1.24. The van der Waals surface area contributed by atoms with E-state index in [2.05, 4.69) is 10.6 Å². The quantitative estimate of drug-likeness (QED) is 0.331. The normalized spacial score (nSPS) is 20.9. The minimum absolute atomic E-state index is 0.00968. The lowest BCUT2D eigenvalue weighted by Crippen LogP contribution is -2.48. The number of carbonyl (C=O) groups excluding carboxylic acids is 4. The van der Waals surface area contributed by atoms with Gasteiger partial charge in [-0.3, -0.25) is 14.4 Å². The Morgan fingerprint density at radius 2 is 1.62 bits per heavy atom. The van der Waals surface area contributed by atoms with E-state index in [0.717, 1.165) is 11.1 Å². The monoisotopic (exact) mass is 536 g/mol. The molecule has 0 bridgehead atoms. The number of amides is 2. The van der Waals surface area contributed by atoms with Crippen LogP contribution in [0.1, 0.15) is 37.3 Å². The van der Waals surface area contributed by atoms with Crippen LogP contribution in [0.15, 0.2) is 72.8 Å². The fourth-order valence-electron chi connectivity index (χ4n) is 4.14. The van der Waals surface area contributed by atoms with E-state index >= 15 is 0 Å². The van der Waals surface area contributed by atoms with E-state index in [-0.39, 0.29) is 26.1 Å². The molecule has 1 aliphatic heterocycles. The summed E-state index contributed by atoms with van der Waals surface area (Å²) < 4.78 is 10.9. The number of hydrogen-bond acceptors (Lipinski definition) is 7. The van der Waals surface area contributed by atoms with Gasteiger partial charge in [-0.1, -0.05) is 72.8 Å². The first-order chi connectivity index (χ1) is 18.9. The van der Waals surface area contributed by atoms with Crippen molar-refractivity contribution in [2.45, 2.75) is 51.3 Å². The van der Waals surface area contributed by atoms with Crippen LogP contribution in [0.4, 0.5) is 0 Å². The van der Waals surface area contributed by atoms with Gasteiger partial charge in [0.2, 0.25) is 11.8 Å². The SMILES string of the molecule is C[C@H](CO)NC(=O)C[C@H]1CC=CC[C@@H](Cc2ccccc2)C(=O)OC[C@H](C(=O)OCc2ccccc2)NC1=O. The van der Waals surface area contributed by atoms with Gasteiger partial charge in [0.05, 0.1) is 18.4 Å². The average molecular weight is 537 g/mol. The maximum absolute atomic E-state index is 13.2. The lowest BCUT2D eigenvalue weighted by molar-refractivity contribution is -0.157. The van der Waals surface area contributed by atoms with Crippen molar-refractivity contribution in [3.63, 3.8) is 0 Å². The zero-order chi connectivity index (χ0) is 28.0. The molecular formula is C30H36N2O7. The molecule has 0 radical (unpaired) electrons. The van der Waals surface area contributed by atoms with Gasteiger partial charge in [-0.2, -0.15) is 0 Å². The van der Waals surface area contributed by atoms with Gasteiger partial charge in [0, 0.05) is 12.5 Å². The summed E-state index contributed by atoms with van der Waals surface area (Å²) in [5.74, 6) is -3.43. The maximum Gasteiger partial charge on any atom is 0.332 e. The number of esters is 2. The van der Waals surface area contributed by atoms with Crippen LogP contribution < -0.4 is 10.6 Å². The Hall–Kier alpha value is -3.98. The largest absolute Gasteiger partial charge is 0.463 e. The lowest BCUT2D eigenvalue weighted by atomic mass is 9.94. The van der Waals surface area contributed by atoms with E-state index in [0.29, 0.717) is 12.8 Å². The van der Waals surface area contributed by atoms with Gasteiger partial charge in [0.1, 0.15) is 13.2 Å². The fourth-order valence-corrected chi connectivity index (χ4v) is 4.14. The number of allylic oxidation sites excluding steroid dienone is 2. The van der Waals surface area contributed by atoms with Crippen molar-refractivity contribution in [2.24, 2.45) is 11.8 Å². The average Bonchev–Trinajstić information content (AvgIpc) is 2.94. The smallest absolute Gasteiger partial charge is 0.332 e. The molecule has 9 heteroatoms. The molecular weight excluding hydrogens is 500 g/mol. The number of aliphatic hydroxyl groups is 1. The third-order valence-electron chi connectivity index (χ3n) is 6.37. The van der Waals surface area contributed by atoms with Gasteiger partial charge >= 0.3 is 11.9 Å². The topological polar surface area (TPSA) is 131 Å². The van der Waals surface area contributed by atoms with Crippen molar-refractivity contribution < 1.29 is 33.8 Å². The van der Waals surface area contributed by atoms with Gasteiger partial charge in [-0.05, 0) is 37.3 Å². The van der Waals surface area contributed by atoms with Crippen LogP contribution >= 0.6 is 0 Å². The zero-order valence-corrected chi connectivity index (χ0v) is 22.1. The van der Waals surface area contributed by atoms with Gasteiger partial charge in [0.15, 0.2) is 6.04 Å². The first-order valence-corrected chi connectivity index (χ1v) is 13.1. The summed E-state index contributed by atoms with van der Waals surface area (Å²) in [7, 11) is 0. The molecule has 2 aromatic carbocycles. The highest BCUT2D eigenvalue weighted by atomic mass is 16.6. The lowest BCUT2D eigenvalue weighted by Gasteiger charge is -2.23. The Kier molecular flexibility index (Phi) is 11.7. The Morgan fingerprint density at radius 3 is 2.26 bits per heavy atom. The van der Waals surface area contributed by atoms with Crippen molar-refractivity contribution in [3.05, 3.63) is 83.9 Å². The number of rotatable bonds is 9. The number of carbonyl (C=O) groups is 4. The molecule has 1 heterocycles. The fraction of sp³-hybridized carbons (Fsp3) is 0.400. The predicted molar refractivity (Wildman–Crippen MR) is 144 cm³/mol. The Labute approximate surface area is 228 Å². The van der Waals surface area contributed by atoms with Crippen molar-refractivity contribution in [1.82, 2.24) is 10.6 Å². The minimum Gasteiger partial charge on any atom is -0.463 e. The summed E-state index contributed by atoms with van der Waals surface area (Å²) in [6.07, 6.45) is 4.49. The Morgan fingerprint density at radius 1 is 1.00 bits per heavy atom. The first-order valence-electron chi connectivity index (χ1n) is 13.1. The maximum atomic E-state index is 13.2. The van der Waals surface area contributed by atoms with Gasteiger partial charge in [-0.15, -0.1) is 0 Å². The molecule has 208 valence electrons. The van der Waals surface area contributed by atoms with Crippen molar-refractivity contribution in [3.8, 4) is 0 Å². The first kappa shape index (κ1) is 29.6. The molecule has 0 saturated carbocycles. The van der Waals surface area contributed by atoms with Crippen molar-refractivity contribution in [2.75, 3.05) is 13.2 Å². The molecule has 0 aliphatic carbocycles. The second-order valence-electron chi connectivity index (χ2n) is 9.67. The van der Waals surface area contributed by atoms with E-state index in [1.165, 1.54) is 0 Å².